The first-order valence-corrected chi connectivity index (χ1v) is 10.7. The summed E-state index contributed by atoms with van der Waals surface area (Å²) < 4.78 is 19.5. The Kier molecular flexibility index (Phi) is 5.48. The van der Waals surface area contributed by atoms with Crippen molar-refractivity contribution in [2.75, 3.05) is 13.2 Å². The van der Waals surface area contributed by atoms with Crippen molar-refractivity contribution < 1.29 is 13.9 Å². The molecule has 2 aliphatic rings. The van der Waals surface area contributed by atoms with Crippen molar-refractivity contribution in [3.8, 4) is 6.07 Å². The lowest BCUT2D eigenvalue weighted by molar-refractivity contribution is -0.139. The molecule has 29 heavy (non-hydrogen) atoms. The van der Waals surface area contributed by atoms with E-state index in [4.69, 9.17) is 9.73 Å². The summed E-state index contributed by atoms with van der Waals surface area (Å²) in [5, 5.41) is 12.0. The van der Waals surface area contributed by atoms with Gasteiger partial charge < -0.3 is 9.64 Å². The number of allylic oxidation sites excluding steroid dienone is 1. The SMILES string of the molecule is CCOC(=O)C1=C2C[C@H](C#N)CN2C(c2nccs2)=N[C@H]1c1ccc(F)cc1Br. The van der Waals surface area contributed by atoms with Gasteiger partial charge in [-0.15, -0.1) is 11.3 Å². The van der Waals surface area contributed by atoms with Gasteiger partial charge in [0, 0.05) is 34.7 Å². The number of halogens is 2. The van der Waals surface area contributed by atoms with E-state index >= 15 is 0 Å². The monoisotopic (exact) mass is 474 g/mol. The van der Waals surface area contributed by atoms with Crippen molar-refractivity contribution in [3.05, 3.63) is 61.9 Å². The normalized spacial score (nSPS) is 20.9. The molecular weight excluding hydrogens is 459 g/mol. The van der Waals surface area contributed by atoms with E-state index in [1.807, 2.05) is 10.3 Å². The fraction of sp³-hybridized carbons (Fsp3) is 0.300. The fourth-order valence-corrected chi connectivity index (χ4v) is 4.81. The van der Waals surface area contributed by atoms with Crippen LogP contribution in [0.5, 0.6) is 0 Å². The molecule has 0 spiro atoms. The minimum atomic E-state index is -0.688. The largest absolute Gasteiger partial charge is 0.463 e. The molecule has 0 unspecified atom stereocenters. The highest BCUT2D eigenvalue weighted by Gasteiger charge is 2.42. The number of carbonyl (C=O) groups excluding carboxylic acids is 1. The smallest absolute Gasteiger partial charge is 0.338 e. The van der Waals surface area contributed by atoms with Crippen molar-refractivity contribution in [3.63, 3.8) is 0 Å². The van der Waals surface area contributed by atoms with E-state index in [0.29, 0.717) is 39.4 Å². The predicted octanol–water partition coefficient (Wildman–Crippen LogP) is 4.21. The summed E-state index contributed by atoms with van der Waals surface area (Å²) >= 11 is 4.84. The second-order valence-corrected chi connectivity index (χ2v) is 8.33. The Balaban J connectivity index is 1.92. The Morgan fingerprint density at radius 2 is 2.34 bits per heavy atom. The number of hydrogen-bond donors (Lipinski definition) is 0. The number of nitrogens with zero attached hydrogens (tertiary/aromatic N) is 4. The first-order chi connectivity index (χ1) is 14.0. The van der Waals surface area contributed by atoms with Crippen LogP contribution < -0.4 is 0 Å². The third-order valence-electron chi connectivity index (χ3n) is 4.82. The van der Waals surface area contributed by atoms with Crippen LogP contribution in [0.25, 0.3) is 0 Å². The van der Waals surface area contributed by atoms with E-state index in [-0.39, 0.29) is 12.5 Å². The van der Waals surface area contributed by atoms with Gasteiger partial charge in [0.15, 0.2) is 10.8 Å². The van der Waals surface area contributed by atoms with Crippen LogP contribution in [-0.2, 0) is 9.53 Å². The van der Waals surface area contributed by atoms with Crippen LogP contribution in [0, 0.1) is 23.1 Å². The van der Waals surface area contributed by atoms with E-state index in [2.05, 4.69) is 27.0 Å². The maximum absolute atomic E-state index is 13.7. The summed E-state index contributed by atoms with van der Waals surface area (Å²) in [4.78, 5) is 24.1. The van der Waals surface area contributed by atoms with Gasteiger partial charge in [-0.25, -0.2) is 14.2 Å². The topological polar surface area (TPSA) is 78.6 Å². The molecule has 0 saturated carbocycles. The van der Waals surface area contributed by atoms with Gasteiger partial charge in [-0.2, -0.15) is 5.26 Å². The number of carbonyl (C=O) groups is 1. The first-order valence-electron chi connectivity index (χ1n) is 9.03. The number of ether oxygens (including phenoxy) is 1. The molecule has 1 fully saturated rings. The van der Waals surface area contributed by atoms with Gasteiger partial charge in [-0.1, -0.05) is 22.0 Å². The van der Waals surface area contributed by atoms with E-state index in [0.717, 1.165) is 5.70 Å². The van der Waals surface area contributed by atoms with Crippen LogP contribution in [0.4, 0.5) is 4.39 Å². The predicted molar refractivity (Wildman–Crippen MR) is 110 cm³/mol. The summed E-state index contributed by atoms with van der Waals surface area (Å²) in [5.74, 6) is -0.524. The van der Waals surface area contributed by atoms with Crippen molar-refractivity contribution in [1.29, 1.82) is 5.26 Å². The van der Waals surface area contributed by atoms with Crippen molar-refractivity contribution in [2.45, 2.75) is 19.4 Å². The van der Waals surface area contributed by atoms with E-state index in [1.165, 1.54) is 23.5 Å². The summed E-state index contributed by atoms with van der Waals surface area (Å²) in [6.07, 6.45) is 2.11. The van der Waals surface area contributed by atoms with Crippen LogP contribution in [-0.4, -0.2) is 34.8 Å². The molecule has 2 aliphatic heterocycles. The molecule has 1 aromatic carbocycles. The number of nitriles is 1. The zero-order valence-corrected chi connectivity index (χ0v) is 17.8. The zero-order valence-electron chi connectivity index (χ0n) is 15.4. The summed E-state index contributed by atoms with van der Waals surface area (Å²) in [6.45, 7) is 2.39. The Morgan fingerprint density at radius 1 is 1.52 bits per heavy atom. The lowest BCUT2D eigenvalue weighted by Gasteiger charge is -2.31. The summed E-state index contributed by atoms with van der Waals surface area (Å²) in [7, 11) is 0. The van der Waals surface area contributed by atoms with Crippen molar-refractivity contribution in [1.82, 2.24) is 9.88 Å². The van der Waals surface area contributed by atoms with Crippen LogP contribution in [0.2, 0.25) is 0 Å². The van der Waals surface area contributed by atoms with E-state index in [1.54, 1.807) is 19.2 Å². The second kappa shape index (κ2) is 8.05. The molecule has 0 aliphatic carbocycles. The molecule has 6 nitrogen and oxygen atoms in total. The van der Waals surface area contributed by atoms with Gasteiger partial charge in [0.1, 0.15) is 11.9 Å². The molecule has 1 saturated heterocycles. The number of thiazole rings is 1. The number of benzene rings is 1. The summed E-state index contributed by atoms with van der Waals surface area (Å²) in [6, 6.07) is 5.90. The Labute approximate surface area is 179 Å². The third-order valence-corrected chi connectivity index (χ3v) is 6.27. The van der Waals surface area contributed by atoms with Gasteiger partial charge in [0.2, 0.25) is 0 Å². The number of esters is 1. The quantitative estimate of drug-likeness (QED) is 0.620. The highest BCUT2D eigenvalue weighted by atomic mass is 79.9. The number of amidine groups is 1. The van der Waals surface area contributed by atoms with Crippen LogP contribution in [0.15, 0.2) is 50.5 Å². The number of aromatic nitrogens is 1. The lowest BCUT2D eigenvalue weighted by atomic mass is 9.94. The number of aliphatic imine (C=N–C) groups is 1. The van der Waals surface area contributed by atoms with Crippen LogP contribution in [0.3, 0.4) is 0 Å². The average molecular weight is 475 g/mol. The molecule has 2 aromatic rings. The first kappa shape index (κ1) is 19.7. The minimum Gasteiger partial charge on any atom is -0.463 e. The average Bonchev–Trinajstić information content (AvgIpc) is 3.37. The molecule has 0 bridgehead atoms. The van der Waals surface area contributed by atoms with Crippen LogP contribution in [0.1, 0.15) is 30.0 Å². The number of rotatable bonds is 4. The van der Waals surface area contributed by atoms with Gasteiger partial charge in [0.05, 0.1) is 24.2 Å². The van der Waals surface area contributed by atoms with Crippen molar-refractivity contribution >= 4 is 39.1 Å². The third kappa shape index (κ3) is 3.58. The van der Waals surface area contributed by atoms with Gasteiger partial charge in [-0.3, -0.25) is 4.99 Å². The minimum absolute atomic E-state index is 0.220. The Hall–Kier alpha value is -2.57. The number of fused-ring (bicyclic) bond motifs is 1. The van der Waals surface area contributed by atoms with Gasteiger partial charge in [-0.05, 0) is 24.6 Å². The molecular formula is C20H16BrFN4O2S. The van der Waals surface area contributed by atoms with Gasteiger partial charge >= 0.3 is 5.97 Å². The van der Waals surface area contributed by atoms with Crippen molar-refractivity contribution in [2.24, 2.45) is 10.9 Å². The number of hydrogen-bond acceptors (Lipinski definition) is 7. The summed E-state index contributed by atoms with van der Waals surface area (Å²) in [5.41, 5.74) is 1.75. The highest BCUT2D eigenvalue weighted by molar-refractivity contribution is 9.10. The van der Waals surface area contributed by atoms with E-state index < -0.39 is 17.8 Å². The van der Waals surface area contributed by atoms with Crippen LogP contribution >= 0.6 is 27.3 Å². The maximum Gasteiger partial charge on any atom is 0.338 e. The molecule has 148 valence electrons. The molecule has 9 heteroatoms. The standard InChI is InChI=1S/C20H16BrFN4O2S/c1-2-28-20(27)16-15-7-11(9-23)10-26(15)18(19-24-5-6-29-19)25-17(16)13-4-3-12(22)8-14(13)21/h3-6,8,11,17H,2,7,10H2,1H3/t11-,17+/m1/s1. The fourth-order valence-electron chi connectivity index (χ4n) is 3.60. The molecule has 4 rings (SSSR count). The molecule has 2 atom stereocenters. The lowest BCUT2D eigenvalue weighted by Crippen LogP contribution is -2.35. The molecule has 1 aromatic heterocycles. The second-order valence-electron chi connectivity index (χ2n) is 6.58. The van der Waals surface area contributed by atoms with E-state index in [9.17, 15) is 14.4 Å². The highest BCUT2D eigenvalue weighted by Crippen LogP contribution is 2.43. The Bertz CT molecular complexity index is 1060. The molecule has 0 N–H and O–H groups in total. The molecule has 3 heterocycles. The zero-order chi connectivity index (χ0) is 20.5. The molecule has 0 amide bonds. The van der Waals surface area contributed by atoms with Gasteiger partial charge in [0.25, 0.3) is 0 Å². The maximum atomic E-state index is 13.7. The Morgan fingerprint density at radius 3 is 3.00 bits per heavy atom. The molecule has 0 radical (unpaired) electrons.